The summed E-state index contributed by atoms with van der Waals surface area (Å²) in [5.41, 5.74) is 3.71. The monoisotopic (exact) mass is 325 g/mol. The molecular weight excluding hydrogens is 311 g/mol. The van der Waals surface area contributed by atoms with Gasteiger partial charge in [-0.3, -0.25) is 0 Å². The molecule has 0 aliphatic carbocycles. The van der Waals surface area contributed by atoms with Gasteiger partial charge >= 0.3 is 0 Å². The Balaban J connectivity index is 1.65. The van der Waals surface area contributed by atoms with Crippen LogP contribution in [-0.4, -0.2) is 0 Å². The third-order valence-corrected chi connectivity index (χ3v) is 4.60. The lowest BCUT2D eigenvalue weighted by Crippen LogP contribution is -1.87. The van der Waals surface area contributed by atoms with Crippen LogP contribution in [0.1, 0.15) is 11.1 Å². The maximum Gasteiger partial charge on any atom is 0.135 e. The molecule has 0 aliphatic rings. The summed E-state index contributed by atoms with van der Waals surface area (Å²) in [6.07, 6.45) is 2.15. The molecule has 25 heavy (non-hydrogen) atoms. The molecule has 1 radical (unpaired) electrons. The molecule has 0 amide bonds. The topological polar surface area (TPSA) is 13.1 Å². The maximum absolute atomic E-state index is 13.6. The van der Waals surface area contributed by atoms with E-state index in [9.17, 15) is 4.39 Å². The van der Waals surface area contributed by atoms with E-state index in [1.807, 2.05) is 18.2 Å². The molecule has 0 spiro atoms. The zero-order valence-corrected chi connectivity index (χ0v) is 13.4. The van der Waals surface area contributed by atoms with E-state index in [0.29, 0.717) is 5.58 Å². The molecule has 1 heterocycles. The van der Waals surface area contributed by atoms with Crippen molar-refractivity contribution in [2.24, 2.45) is 0 Å². The highest BCUT2D eigenvalue weighted by Crippen LogP contribution is 2.31. The minimum atomic E-state index is -0.251. The van der Waals surface area contributed by atoms with E-state index in [1.54, 1.807) is 6.07 Å². The van der Waals surface area contributed by atoms with Crippen LogP contribution in [0.25, 0.3) is 32.7 Å². The Kier molecular flexibility index (Phi) is 3.10. The quantitative estimate of drug-likeness (QED) is 0.362. The number of furan rings is 1. The molecule has 119 valence electrons. The lowest BCUT2D eigenvalue weighted by Gasteiger charge is -2.06. The second-order valence-corrected chi connectivity index (χ2v) is 6.21. The number of halogens is 1. The number of rotatable bonds is 2. The summed E-state index contributed by atoms with van der Waals surface area (Å²) in [6.45, 7) is 0. The average molecular weight is 325 g/mol. The third-order valence-electron chi connectivity index (χ3n) is 4.60. The molecular formula is C23H14FO. The van der Waals surface area contributed by atoms with E-state index >= 15 is 0 Å². The van der Waals surface area contributed by atoms with Crippen LogP contribution in [0, 0.1) is 12.2 Å². The lowest BCUT2D eigenvalue weighted by atomic mass is 9.97. The fraction of sp³-hybridized carbons (Fsp3) is 0. The highest BCUT2D eigenvalue weighted by molar-refractivity contribution is 6.05. The van der Waals surface area contributed by atoms with Gasteiger partial charge in [-0.1, -0.05) is 48.5 Å². The highest BCUT2D eigenvalue weighted by Gasteiger charge is 2.10. The molecule has 0 bridgehead atoms. The third kappa shape index (κ3) is 2.38. The van der Waals surface area contributed by atoms with E-state index in [0.717, 1.165) is 27.5 Å². The largest absolute Gasteiger partial charge is 0.456 e. The zero-order valence-electron chi connectivity index (χ0n) is 13.4. The Hall–Kier alpha value is -3.13. The summed E-state index contributed by atoms with van der Waals surface area (Å²) in [7, 11) is 0. The fourth-order valence-electron chi connectivity index (χ4n) is 3.41. The SMILES string of the molecule is Fc1ccc2oc3ccc([CH]c4cccc5ccccc45)cc3c2c1. The van der Waals surface area contributed by atoms with Crippen LogP contribution >= 0.6 is 0 Å². The molecule has 5 rings (SSSR count). The number of fused-ring (bicyclic) bond motifs is 4. The van der Waals surface area contributed by atoms with Gasteiger partial charge in [0.05, 0.1) is 0 Å². The van der Waals surface area contributed by atoms with Gasteiger partial charge in [0, 0.05) is 17.2 Å². The van der Waals surface area contributed by atoms with E-state index < -0.39 is 0 Å². The first kappa shape index (κ1) is 14.2. The summed E-state index contributed by atoms with van der Waals surface area (Å²) in [4.78, 5) is 0. The van der Waals surface area contributed by atoms with Gasteiger partial charge in [0.15, 0.2) is 0 Å². The summed E-state index contributed by atoms with van der Waals surface area (Å²) >= 11 is 0. The van der Waals surface area contributed by atoms with Gasteiger partial charge in [0.1, 0.15) is 17.0 Å². The predicted molar refractivity (Wildman–Crippen MR) is 100 cm³/mol. The number of hydrogen-bond donors (Lipinski definition) is 0. The van der Waals surface area contributed by atoms with Crippen molar-refractivity contribution in [2.75, 3.05) is 0 Å². The van der Waals surface area contributed by atoms with Gasteiger partial charge in [0.25, 0.3) is 0 Å². The second kappa shape index (κ2) is 5.45. The molecule has 0 saturated heterocycles. The molecule has 0 saturated carbocycles. The van der Waals surface area contributed by atoms with E-state index in [-0.39, 0.29) is 5.82 Å². The summed E-state index contributed by atoms with van der Waals surface area (Å²) < 4.78 is 19.4. The van der Waals surface area contributed by atoms with Gasteiger partial charge in [-0.15, -0.1) is 0 Å². The van der Waals surface area contributed by atoms with Crippen LogP contribution in [0.15, 0.2) is 83.3 Å². The van der Waals surface area contributed by atoms with E-state index in [2.05, 4.69) is 48.9 Å². The second-order valence-electron chi connectivity index (χ2n) is 6.21. The lowest BCUT2D eigenvalue weighted by molar-refractivity contribution is 0.626. The first-order valence-electron chi connectivity index (χ1n) is 8.22. The summed E-state index contributed by atoms with van der Waals surface area (Å²) in [5, 5.41) is 4.17. The smallest absolute Gasteiger partial charge is 0.135 e. The van der Waals surface area contributed by atoms with Crippen LogP contribution in [0.4, 0.5) is 4.39 Å². The van der Waals surface area contributed by atoms with Crippen LogP contribution < -0.4 is 0 Å². The Bertz CT molecular complexity index is 1230. The molecule has 2 heteroatoms. The molecule has 1 nitrogen and oxygen atoms in total. The molecule has 4 aromatic carbocycles. The van der Waals surface area contributed by atoms with Crippen molar-refractivity contribution < 1.29 is 8.81 Å². The maximum atomic E-state index is 13.6. The standard InChI is InChI=1S/C23H14FO/c24-18-9-11-23-21(14-18)20-13-15(8-10-22(20)25-23)12-17-6-3-5-16-4-1-2-7-19(16)17/h1-14H. The van der Waals surface area contributed by atoms with Crippen LogP contribution in [0.2, 0.25) is 0 Å². The molecule has 0 N–H and O–H groups in total. The van der Waals surface area contributed by atoms with E-state index in [4.69, 9.17) is 4.42 Å². The van der Waals surface area contributed by atoms with Crippen molar-refractivity contribution in [2.45, 2.75) is 0 Å². The van der Waals surface area contributed by atoms with Gasteiger partial charge in [0.2, 0.25) is 0 Å². The van der Waals surface area contributed by atoms with Crippen molar-refractivity contribution in [3.8, 4) is 0 Å². The minimum absolute atomic E-state index is 0.251. The Labute approximate surface area is 144 Å². The number of hydrogen-bond acceptors (Lipinski definition) is 1. The minimum Gasteiger partial charge on any atom is -0.456 e. The van der Waals surface area contributed by atoms with Crippen molar-refractivity contribution in [3.63, 3.8) is 0 Å². The summed E-state index contributed by atoms with van der Waals surface area (Å²) in [6, 6.07) is 25.3. The Morgan fingerprint density at radius 1 is 0.680 bits per heavy atom. The fourth-order valence-corrected chi connectivity index (χ4v) is 3.41. The molecule has 0 atom stereocenters. The Morgan fingerprint density at radius 2 is 1.44 bits per heavy atom. The molecule has 0 unspecified atom stereocenters. The first-order valence-corrected chi connectivity index (χ1v) is 8.22. The van der Waals surface area contributed by atoms with Gasteiger partial charge in [-0.2, -0.15) is 0 Å². The first-order chi connectivity index (χ1) is 12.3. The molecule has 5 aromatic rings. The number of benzene rings is 4. The van der Waals surface area contributed by atoms with Gasteiger partial charge < -0.3 is 4.42 Å². The zero-order chi connectivity index (χ0) is 16.8. The van der Waals surface area contributed by atoms with Crippen molar-refractivity contribution in [1.82, 2.24) is 0 Å². The van der Waals surface area contributed by atoms with Gasteiger partial charge in [-0.25, -0.2) is 4.39 Å². The highest BCUT2D eigenvalue weighted by atomic mass is 19.1. The van der Waals surface area contributed by atoms with Crippen LogP contribution in [0.5, 0.6) is 0 Å². The summed E-state index contributed by atoms with van der Waals surface area (Å²) in [5.74, 6) is -0.251. The van der Waals surface area contributed by atoms with Crippen LogP contribution in [-0.2, 0) is 0 Å². The Morgan fingerprint density at radius 3 is 2.36 bits per heavy atom. The van der Waals surface area contributed by atoms with Crippen LogP contribution in [0.3, 0.4) is 0 Å². The average Bonchev–Trinajstić information content (AvgIpc) is 2.99. The van der Waals surface area contributed by atoms with Crippen molar-refractivity contribution >= 4 is 32.7 Å². The van der Waals surface area contributed by atoms with Crippen molar-refractivity contribution in [3.05, 3.63) is 102 Å². The molecule has 0 fully saturated rings. The predicted octanol–water partition coefficient (Wildman–Crippen LogP) is 6.48. The van der Waals surface area contributed by atoms with E-state index in [1.165, 1.54) is 22.9 Å². The molecule has 0 aliphatic heterocycles. The molecule has 1 aromatic heterocycles. The van der Waals surface area contributed by atoms with Gasteiger partial charge in [-0.05, 0) is 52.2 Å². The normalized spacial score (nSPS) is 11.6. The van der Waals surface area contributed by atoms with Crippen molar-refractivity contribution in [1.29, 1.82) is 0 Å².